The molecule has 0 aromatic heterocycles. The third-order valence-electron chi connectivity index (χ3n) is 2.46. The average molecular weight is 236 g/mol. The van der Waals surface area contributed by atoms with E-state index in [1.807, 2.05) is 12.2 Å². The van der Waals surface area contributed by atoms with Crippen molar-refractivity contribution in [2.75, 3.05) is 0 Å². The van der Waals surface area contributed by atoms with E-state index in [2.05, 4.69) is 51.1 Å². The number of aryl methyl sites for hydroxylation is 2. The predicted molar refractivity (Wildman–Crippen MR) is 62.2 cm³/mol. The molecule has 1 aliphatic rings. The van der Waals surface area contributed by atoms with Crippen LogP contribution in [0.25, 0.3) is 0 Å². The summed E-state index contributed by atoms with van der Waals surface area (Å²) in [5, 5.41) is 0. The minimum absolute atomic E-state index is 0. The van der Waals surface area contributed by atoms with Crippen molar-refractivity contribution < 1.29 is 18.6 Å². The van der Waals surface area contributed by atoms with E-state index in [9.17, 15) is 0 Å². The summed E-state index contributed by atoms with van der Waals surface area (Å²) in [6.45, 7) is 6.44. The molecule has 0 amide bonds. The molecule has 0 nitrogen and oxygen atoms in total. The molecule has 0 bridgehead atoms. The first-order chi connectivity index (χ1) is 6.72. The minimum atomic E-state index is 0. The Morgan fingerprint density at radius 3 is 1.93 bits per heavy atom. The van der Waals surface area contributed by atoms with Crippen molar-refractivity contribution in [3.05, 3.63) is 59.2 Å². The van der Waals surface area contributed by atoms with Crippen molar-refractivity contribution in [1.82, 2.24) is 0 Å². The fourth-order valence-corrected chi connectivity index (χ4v) is 1.24. The van der Waals surface area contributed by atoms with Gasteiger partial charge in [0.15, 0.2) is 0 Å². The molecular formula is C14H17V-. The Kier molecular flexibility index (Phi) is 7.20. The van der Waals surface area contributed by atoms with Crippen LogP contribution in [-0.2, 0) is 18.6 Å². The molecule has 1 aromatic carbocycles. The van der Waals surface area contributed by atoms with E-state index in [0.717, 1.165) is 6.42 Å². The summed E-state index contributed by atoms with van der Waals surface area (Å²) in [6, 6.07) is 6.38. The number of hydrogen-bond donors (Lipinski definition) is 0. The van der Waals surface area contributed by atoms with Crippen LogP contribution < -0.4 is 0 Å². The summed E-state index contributed by atoms with van der Waals surface area (Å²) in [4.78, 5) is 0. The maximum atomic E-state index is 2.99. The minimum Gasteiger partial charge on any atom is -0.273 e. The standard InChI is InChI=1S/C9H12.C5H5.V/c1-7-5-4-6-8(2)9(7)3;1-2-4-5-3-1;/h4-6H,1-3H3;1-3H,4H2;/q;-1;. The van der Waals surface area contributed by atoms with Gasteiger partial charge in [0.1, 0.15) is 0 Å². The van der Waals surface area contributed by atoms with Gasteiger partial charge in [-0.15, -0.1) is 6.42 Å². The van der Waals surface area contributed by atoms with Crippen molar-refractivity contribution in [3.8, 4) is 0 Å². The molecule has 1 aliphatic carbocycles. The molecule has 1 aromatic rings. The maximum absolute atomic E-state index is 2.99. The van der Waals surface area contributed by atoms with Crippen LogP contribution in [0.2, 0.25) is 0 Å². The van der Waals surface area contributed by atoms with Crippen LogP contribution in [0, 0.1) is 26.8 Å². The summed E-state index contributed by atoms with van der Waals surface area (Å²) >= 11 is 0. The Hall–Kier alpha value is -0.716. The number of rotatable bonds is 0. The van der Waals surface area contributed by atoms with Gasteiger partial charge in [0, 0.05) is 18.6 Å². The second kappa shape index (κ2) is 7.56. The smallest absolute Gasteiger partial charge is 0 e. The van der Waals surface area contributed by atoms with Crippen LogP contribution in [0.5, 0.6) is 0 Å². The van der Waals surface area contributed by atoms with E-state index in [1.165, 1.54) is 16.7 Å². The van der Waals surface area contributed by atoms with E-state index in [-0.39, 0.29) is 18.6 Å². The molecule has 0 saturated carbocycles. The zero-order chi connectivity index (χ0) is 10.4. The van der Waals surface area contributed by atoms with Gasteiger partial charge in [-0.2, -0.15) is 6.08 Å². The molecule has 0 unspecified atom stereocenters. The van der Waals surface area contributed by atoms with Gasteiger partial charge in [-0.3, -0.25) is 6.08 Å². The molecule has 0 N–H and O–H groups in total. The molecule has 0 fully saturated rings. The summed E-state index contributed by atoms with van der Waals surface area (Å²) in [6.07, 6.45) is 10.0. The van der Waals surface area contributed by atoms with Crippen molar-refractivity contribution in [3.63, 3.8) is 0 Å². The van der Waals surface area contributed by atoms with Crippen LogP contribution >= 0.6 is 0 Å². The fraction of sp³-hybridized carbons (Fsp3) is 0.286. The Morgan fingerprint density at radius 1 is 1.07 bits per heavy atom. The SMILES string of the molecule is Cc1cccc(C)c1C.[C-]1=CC=CC1.[V]. The molecule has 15 heavy (non-hydrogen) atoms. The molecule has 79 valence electrons. The number of hydrogen-bond acceptors (Lipinski definition) is 0. The van der Waals surface area contributed by atoms with Crippen LogP contribution in [-0.4, -0.2) is 0 Å². The van der Waals surface area contributed by atoms with Gasteiger partial charge in [0.25, 0.3) is 0 Å². The molecule has 1 heteroatoms. The molecule has 0 saturated heterocycles. The van der Waals surface area contributed by atoms with Crippen molar-refractivity contribution in [2.45, 2.75) is 27.2 Å². The quantitative estimate of drug-likeness (QED) is 0.599. The van der Waals surface area contributed by atoms with E-state index in [4.69, 9.17) is 0 Å². The Bertz CT molecular complexity index is 318. The first-order valence-corrected chi connectivity index (χ1v) is 4.96. The van der Waals surface area contributed by atoms with E-state index in [0.29, 0.717) is 0 Å². The Balaban J connectivity index is 0.000000280. The van der Waals surface area contributed by atoms with Crippen LogP contribution in [0.15, 0.2) is 36.4 Å². The zero-order valence-corrected chi connectivity index (χ0v) is 11.0. The Labute approximate surface area is 105 Å². The summed E-state index contributed by atoms with van der Waals surface area (Å²) < 4.78 is 0. The second-order valence-electron chi connectivity index (χ2n) is 3.52. The largest absolute Gasteiger partial charge is 0.273 e. The molecule has 0 atom stereocenters. The van der Waals surface area contributed by atoms with Gasteiger partial charge in [0.05, 0.1) is 0 Å². The van der Waals surface area contributed by atoms with Crippen molar-refractivity contribution >= 4 is 0 Å². The molecule has 2 rings (SSSR count). The summed E-state index contributed by atoms with van der Waals surface area (Å²) in [7, 11) is 0. The predicted octanol–water partition coefficient (Wildman–Crippen LogP) is 3.92. The van der Waals surface area contributed by atoms with Gasteiger partial charge in [-0.25, -0.2) is 12.2 Å². The second-order valence-corrected chi connectivity index (χ2v) is 3.52. The fourth-order valence-electron chi connectivity index (χ4n) is 1.24. The first-order valence-electron chi connectivity index (χ1n) is 4.96. The molecule has 0 aliphatic heterocycles. The van der Waals surface area contributed by atoms with Gasteiger partial charge >= 0.3 is 0 Å². The van der Waals surface area contributed by atoms with Gasteiger partial charge in [-0.1, -0.05) is 18.2 Å². The number of allylic oxidation sites excluding steroid dienone is 4. The number of benzene rings is 1. The van der Waals surface area contributed by atoms with Gasteiger partial charge in [-0.05, 0) is 37.5 Å². The molecule has 0 heterocycles. The third kappa shape index (κ3) is 5.06. The van der Waals surface area contributed by atoms with Crippen molar-refractivity contribution in [2.24, 2.45) is 0 Å². The first kappa shape index (κ1) is 14.3. The van der Waals surface area contributed by atoms with Crippen LogP contribution in [0.3, 0.4) is 0 Å². The summed E-state index contributed by atoms with van der Waals surface area (Å²) in [5.74, 6) is 0. The zero-order valence-electron chi connectivity index (χ0n) is 9.62. The molecule has 1 radical (unpaired) electrons. The van der Waals surface area contributed by atoms with Gasteiger partial charge in [0.2, 0.25) is 0 Å². The topological polar surface area (TPSA) is 0 Å². The van der Waals surface area contributed by atoms with E-state index >= 15 is 0 Å². The maximum Gasteiger partial charge on any atom is 0 e. The van der Waals surface area contributed by atoms with Crippen LogP contribution in [0.1, 0.15) is 23.1 Å². The monoisotopic (exact) mass is 236 g/mol. The molecule has 0 spiro atoms. The summed E-state index contributed by atoms with van der Waals surface area (Å²) in [5.41, 5.74) is 4.18. The van der Waals surface area contributed by atoms with Gasteiger partial charge < -0.3 is 0 Å². The average Bonchev–Trinajstić information content (AvgIpc) is 2.72. The molecular weight excluding hydrogens is 219 g/mol. The van der Waals surface area contributed by atoms with Crippen LogP contribution in [0.4, 0.5) is 0 Å². The Morgan fingerprint density at radius 2 is 1.67 bits per heavy atom. The van der Waals surface area contributed by atoms with E-state index < -0.39 is 0 Å². The van der Waals surface area contributed by atoms with E-state index in [1.54, 1.807) is 0 Å². The van der Waals surface area contributed by atoms with Crippen molar-refractivity contribution in [1.29, 1.82) is 0 Å². The normalized spacial score (nSPS) is 11.7. The third-order valence-corrected chi connectivity index (χ3v) is 2.46.